The van der Waals surface area contributed by atoms with Crippen LogP contribution in [0.25, 0.3) is 17.2 Å². The summed E-state index contributed by atoms with van der Waals surface area (Å²) in [5.74, 6) is 1.23. The number of nitrogens with one attached hydrogen (secondary N) is 1. The zero-order valence-electron chi connectivity index (χ0n) is 16.0. The summed E-state index contributed by atoms with van der Waals surface area (Å²) in [5, 5.41) is 0. The van der Waals surface area contributed by atoms with Crippen molar-refractivity contribution in [2.75, 3.05) is 11.0 Å². The van der Waals surface area contributed by atoms with E-state index < -0.39 is 10.0 Å². The summed E-state index contributed by atoms with van der Waals surface area (Å²) in [4.78, 5) is 12.5. The number of ether oxygens (including phenoxy) is 1. The van der Waals surface area contributed by atoms with Crippen LogP contribution in [-0.2, 0) is 23.5 Å². The number of rotatable bonds is 5. The summed E-state index contributed by atoms with van der Waals surface area (Å²) < 4.78 is 33.6. The Balaban J connectivity index is 1.91. The van der Waals surface area contributed by atoms with Gasteiger partial charge in [-0.2, -0.15) is 0 Å². The molecule has 0 bridgehead atoms. The molecule has 0 saturated heterocycles. The van der Waals surface area contributed by atoms with Crippen LogP contribution in [0.3, 0.4) is 0 Å². The van der Waals surface area contributed by atoms with Crippen LogP contribution in [0.5, 0.6) is 11.5 Å². The highest BCUT2D eigenvalue weighted by atomic mass is 32.2. The maximum Gasteiger partial charge on any atom is 0.254 e. The van der Waals surface area contributed by atoms with E-state index in [2.05, 4.69) is 4.72 Å². The van der Waals surface area contributed by atoms with Crippen LogP contribution >= 0.6 is 0 Å². The summed E-state index contributed by atoms with van der Waals surface area (Å²) in [7, 11) is -1.73. The minimum atomic E-state index is -3.43. The Morgan fingerprint density at radius 3 is 2.55 bits per heavy atom. The van der Waals surface area contributed by atoms with Crippen LogP contribution < -0.4 is 15.0 Å². The lowest BCUT2D eigenvalue weighted by Gasteiger charge is -2.17. The van der Waals surface area contributed by atoms with Gasteiger partial charge in [0.2, 0.25) is 10.0 Å². The Bertz CT molecular complexity index is 1280. The number of aromatic nitrogens is 1. The summed E-state index contributed by atoms with van der Waals surface area (Å²) in [5.41, 5.74) is 3.44. The average molecular weight is 408 g/mol. The van der Waals surface area contributed by atoms with Crippen molar-refractivity contribution in [1.29, 1.82) is 0 Å². The van der Waals surface area contributed by atoms with E-state index in [1.807, 2.05) is 42.5 Å². The van der Waals surface area contributed by atoms with Crippen molar-refractivity contribution in [2.45, 2.75) is 6.42 Å². The van der Waals surface area contributed by atoms with Crippen LogP contribution in [0.1, 0.15) is 11.1 Å². The van der Waals surface area contributed by atoms with Crippen molar-refractivity contribution in [3.05, 3.63) is 82.3 Å². The maximum absolute atomic E-state index is 12.5. The molecule has 0 amide bonds. The zero-order chi connectivity index (χ0) is 20.6. The predicted molar refractivity (Wildman–Crippen MR) is 115 cm³/mol. The van der Waals surface area contributed by atoms with Crippen LogP contribution in [-0.4, -0.2) is 19.2 Å². The van der Waals surface area contributed by atoms with Gasteiger partial charge in [0.15, 0.2) is 0 Å². The van der Waals surface area contributed by atoms with Gasteiger partial charge in [0.05, 0.1) is 6.26 Å². The molecule has 7 heteroatoms. The number of nitrogens with zero attached hydrogens (tertiary/aromatic N) is 1. The Kier molecular flexibility index (Phi) is 4.76. The largest absolute Gasteiger partial charge is 0.457 e. The van der Waals surface area contributed by atoms with Crippen molar-refractivity contribution < 1.29 is 13.2 Å². The molecule has 1 aromatic heterocycles. The highest BCUT2D eigenvalue weighted by molar-refractivity contribution is 7.92. The highest BCUT2D eigenvalue weighted by Gasteiger charge is 2.20. The van der Waals surface area contributed by atoms with Gasteiger partial charge < -0.3 is 9.30 Å². The van der Waals surface area contributed by atoms with Crippen LogP contribution in [0.15, 0.2) is 65.6 Å². The summed E-state index contributed by atoms with van der Waals surface area (Å²) in [6, 6.07) is 14.5. The van der Waals surface area contributed by atoms with Gasteiger partial charge in [0.1, 0.15) is 11.5 Å². The lowest BCUT2D eigenvalue weighted by atomic mass is 9.98. The van der Waals surface area contributed by atoms with Gasteiger partial charge in [-0.1, -0.05) is 30.4 Å². The number of aryl methyl sites for hydroxylation is 1. The lowest BCUT2D eigenvalue weighted by Crippen LogP contribution is -2.21. The van der Waals surface area contributed by atoms with Crippen LogP contribution in [0.2, 0.25) is 0 Å². The van der Waals surface area contributed by atoms with E-state index in [4.69, 9.17) is 4.74 Å². The molecule has 0 fully saturated rings. The van der Waals surface area contributed by atoms with Gasteiger partial charge in [-0.15, -0.1) is 0 Å². The molecule has 3 aromatic rings. The van der Waals surface area contributed by atoms with Gasteiger partial charge in [0, 0.05) is 35.6 Å². The van der Waals surface area contributed by atoms with Crippen molar-refractivity contribution >= 4 is 21.8 Å². The molecule has 6 nitrogen and oxygen atoms in total. The van der Waals surface area contributed by atoms with Crippen molar-refractivity contribution in [3.8, 4) is 22.6 Å². The number of fused-ring (bicyclic) bond motifs is 1. The number of hydrogen-bond donors (Lipinski definition) is 1. The van der Waals surface area contributed by atoms with E-state index in [0.29, 0.717) is 29.2 Å². The third-order valence-electron chi connectivity index (χ3n) is 4.67. The van der Waals surface area contributed by atoms with E-state index in [9.17, 15) is 13.2 Å². The first-order valence-electron chi connectivity index (χ1n) is 9.06. The molecule has 0 unspecified atom stereocenters. The van der Waals surface area contributed by atoms with E-state index in [-0.39, 0.29) is 5.56 Å². The number of anilines is 1. The maximum atomic E-state index is 12.5. The molecule has 0 radical (unpaired) electrons. The van der Waals surface area contributed by atoms with E-state index in [1.165, 1.54) is 0 Å². The van der Waals surface area contributed by atoms with Gasteiger partial charge in [-0.25, -0.2) is 8.42 Å². The molecular weight excluding hydrogens is 388 g/mol. The normalized spacial score (nSPS) is 12.6. The molecule has 1 N–H and O–H groups in total. The number of allylic oxidation sites excluding steroid dienone is 1. The summed E-state index contributed by atoms with van der Waals surface area (Å²) in [6.07, 6.45) is 7.31. The Morgan fingerprint density at radius 1 is 1.07 bits per heavy atom. The van der Waals surface area contributed by atoms with E-state index in [0.717, 1.165) is 22.9 Å². The second-order valence-corrected chi connectivity index (χ2v) is 8.71. The number of para-hydroxylation sites is 1. The van der Waals surface area contributed by atoms with Crippen LogP contribution in [0.4, 0.5) is 5.69 Å². The Hall–Kier alpha value is -3.32. The standard InChI is InChI=1S/C22H20N2O4S/c1-24-14-20(17-9-6-10-18(17)22(24)25)19-13-15(23-29(2,26)27)11-12-21(19)28-16-7-4-3-5-8-16/h3-9,11-14,23H,10H2,1-2H3. The van der Waals surface area contributed by atoms with Crippen molar-refractivity contribution in [2.24, 2.45) is 7.05 Å². The Labute approximate surface area is 169 Å². The topological polar surface area (TPSA) is 77.4 Å². The fourth-order valence-corrected chi connectivity index (χ4v) is 3.99. The lowest BCUT2D eigenvalue weighted by molar-refractivity contribution is 0.484. The smallest absolute Gasteiger partial charge is 0.254 e. The predicted octanol–water partition coefficient (Wildman–Crippen LogP) is 3.79. The SMILES string of the molecule is Cn1cc(-c2cc(NS(C)(=O)=O)ccc2Oc2ccccc2)c2c(c1=O)CC=C2. The fraction of sp³-hybridized carbons (Fsp3) is 0.136. The molecule has 29 heavy (non-hydrogen) atoms. The highest BCUT2D eigenvalue weighted by Crippen LogP contribution is 2.39. The zero-order valence-corrected chi connectivity index (χ0v) is 16.9. The summed E-state index contributed by atoms with van der Waals surface area (Å²) in [6.45, 7) is 0. The molecule has 4 rings (SSSR count). The van der Waals surface area contributed by atoms with Gasteiger partial charge in [0.25, 0.3) is 5.56 Å². The molecule has 0 aliphatic heterocycles. The van der Waals surface area contributed by atoms with E-state index in [1.54, 1.807) is 36.0 Å². The number of pyridine rings is 1. The summed E-state index contributed by atoms with van der Waals surface area (Å²) >= 11 is 0. The number of hydrogen-bond acceptors (Lipinski definition) is 4. The molecular formula is C22H20N2O4S. The third kappa shape index (κ3) is 3.95. The van der Waals surface area contributed by atoms with Gasteiger partial charge in [-0.3, -0.25) is 9.52 Å². The molecule has 1 aliphatic carbocycles. The first kappa shape index (κ1) is 19.0. The monoisotopic (exact) mass is 408 g/mol. The molecule has 0 saturated carbocycles. The van der Waals surface area contributed by atoms with Crippen LogP contribution in [0, 0.1) is 0 Å². The van der Waals surface area contributed by atoms with Crippen molar-refractivity contribution in [3.63, 3.8) is 0 Å². The molecule has 2 aromatic carbocycles. The van der Waals surface area contributed by atoms with E-state index >= 15 is 0 Å². The third-order valence-corrected chi connectivity index (χ3v) is 5.27. The van der Waals surface area contributed by atoms with Gasteiger partial charge >= 0.3 is 0 Å². The molecule has 0 atom stereocenters. The first-order valence-corrected chi connectivity index (χ1v) is 10.9. The van der Waals surface area contributed by atoms with Crippen molar-refractivity contribution in [1.82, 2.24) is 4.57 Å². The quantitative estimate of drug-likeness (QED) is 0.697. The second kappa shape index (κ2) is 7.25. The molecule has 1 aliphatic rings. The number of sulfonamides is 1. The molecule has 0 spiro atoms. The second-order valence-electron chi connectivity index (χ2n) is 6.96. The van der Waals surface area contributed by atoms with Gasteiger partial charge in [-0.05, 0) is 42.3 Å². The minimum absolute atomic E-state index is 0.0373. The average Bonchev–Trinajstić information content (AvgIpc) is 3.16. The first-order chi connectivity index (χ1) is 13.8. The molecule has 1 heterocycles. The Morgan fingerprint density at radius 2 is 1.83 bits per heavy atom. The molecule has 148 valence electrons. The minimum Gasteiger partial charge on any atom is -0.457 e. The fourth-order valence-electron chi connectivity index (χ4n) is 3.43. The number of benzene rings is 2.